The standard InChI is InChI=1S/C12H19FN4O3/c1-8(16)19-12(18)20-9-2-3-11(10(13)6-9)17(7-15)5-4-14/h2-3,6,8H,4-5,7,14-16H2,1H3/t8-/m1/s1. The van der Waals surface area contributed by atoms with Crippen molar-refractivity contribution in [2.45, 2.75) is 13.2 Å². The molecule has 20 heavy (non-hydrogen) atoms. The number of hydrogen-bond donors (Lipinski definition) is 3. The summed E-state index contributed by atoms with van der Waals surface area (Å²) in [5.41, 5.74) is 16.5. The summed E-state index contributed by atoms with van der Waals surface area (Å²) in [6.45, 7) is 2.36. The van der Waals surface area contributed by atoms with Crippen molar-refractivity contribution >= 4 is 11.8 Å². The van der Waals surface area contributed by atoms with E-state index in [2.05, 4.69) is 4.74 Å². The van der Waals surface area contributed by atoms with Crippen LogP contribution < -0.4 is 26.8 Å². The highest BCUT2D eigenvalue weighted by Gasteiger charge is 2.13. The second kappa shape index (κ2) is 7.63. The maximum Gasteiger partial charge on any atom is 0.515 e. The summed E-state index contributed by atoms with van der Waals surface area (Å²) in [7, 11) is 0. The van der Waals surface area contributed by atoms with Gasteiger partial charge in [-0.15, -0.1) is 0 Å². The van der Waals surface area contributed by atoms with E-state index < -0.39 is 18.2 Å². The highest BCUT2D eigenvalue weighted by Crippen LogP contribution is 2.23. The van der Waals surface area contributed by atoms with Crippen molar-refractivity contribution in [1.29, 1.82) is 0 Å². The number of carbonyl (C=O) groups is 1. The molecule has 0 aliphatic heterocycles. The maximum absolute atomic E-state index is 13.9. The fourth-order valence-electron chi connectivity index (χ4n) is 1.55. The molecule has 0 bridgehead atoms. The van der Waals surface area contributed by atoms with Crippen LogP contribution in [-0.2, 0) is 4.74 Å². The monoisotopic (exact) mass is 286 g/mol. The summed E-state index contributed by atoms with van der Waals surface area (Å²) < 4.78 is 23.3. The van der Waals surface area contributed by atoms with Gasteiger partial charge in [-0.05, 0) is 19.1 Å². The topological polar surface area (TPSA) is 117 Å². The third-order valence-electron chi connectivity index (χ3n) is 2.36. The van der Waals surface area contributed by atoms with Crippen LogP contribution in [0.3, 0.4) is 0 Å². The van der Waals surface area contributed by atoms with Crippen LogP contribution in [0.2, 0.25) is 0 Å². The first kappa shape index (κ1) is 16.2. The lowest BCUT2D eigenvalue weighted by Crippen LogP contribution is -2.35. The van der Waals surface area contributed by atoms with E-state index in [1.807, 2.05) is 0 Å². The molecule has 0 saturated heterocycles. The van der Waals surface area contributed by atoms with Gasteiger partial charge in [-0.3, -0.25) is 5.73 Å². The first-order valence-electron chi connectivity index (χ1n) is 6.06. The lowest BCUT2D eigenvalue weighted by Gasteiger charge is -2.22. The molecule has 0 aromatic heterocycles. The number of halogens is 1. The first-order valence-corrected chi connectivity index (χ1v) is 6.06. The maximum atomic E-state index is 13.9. The number of carbonyl (C=O) groups excluding carboxylic acids is 1. The summed E-state index contributed by atoms with van der Waals surface area (Å²) in [5, 5.41) is 0. The van der Waals surface area contributed by atoms with Crippen molar-refractivity contribution in [1.82, 2.24) is 0 Å². The van der Waals surface area contributed by atoms with E-state index in [4.69, 9.17) is 21.9 Å². The van der Waals surface area contributed by atoms with Gasteiger partial charge < -0.3 is 25.8 Å². The second-order valence-electron chi connectivity index (χ2n) is 4.02. The lowest BCUT2D eigenvalue weighted by atomic mass is 10.2. The molecule has 0 saturated carbocycles. The zero-order chi connectivity index (χ0) is 15.1. The van der Waals surface area contributed by atoms with Gasteiger partial charge in [0.2, 0.25) is 0 Å². The van der Waals surface area contributed by atoms with Gasteiger partial charge in [0.25, 0.3) is 0 Å². The molecule has 0 radical (unpaired) electrons. The van der Waals surface area contributed by atoms with Crippen LogP contribution in [0.25, 0.3) is 0 Å². The van der Waals surface area contributed by atoms with Gasteiger partial charge in [0.05, 0.1) is 12.4 Å². The Balaban J connectivity index is 2.79. The van der Waals surface area contributed by atoms with E-state index in [1.165, 1.54) is 19.1 Å². The summed E-state index contributed by atoms with van der Waals surface area (Å²) in [6, 6.07) is 3.95. The predicted molar refractivity (Wildman–Crippen MR) is 72.6 cm³/mol. The third-order valence-corrected chi connectivity index (χ3v) is 2.36. The largest absolute Gasteiger partial charge is 0.515 e. The van der Waals surface area contributed by atoms with Gasteiger partial charge in [-0.1, -0.05) is 0 Å². The van der Waals surface area contributed by atoms with Crippen molar-refractivity contribution in [3.63, 3.8) is 0 Å². The molecule has 1 atom stereocenters. The minimum Gasteiger partial charge on any atom is -0.415 e. The molecule has 0 fully saturated rings. The Hall–Kier alpha value is -1.90. The number of hydrogen-bond acceptors (Lipinski definition) is 7. The molecular weight excluding hydrogens is 267 g/mol. The smallest absolute Gasteiger partial charge is 0.415 e. The average Bonchev–Trinajstić information content (AvgIpc) is 2.35. The predicted octanol–water partition coefficient (Wildman–Crippen LogP) is 0.327. The van der Waals surface area contributed by atoms with Crippen molar-refractivity contribution in [3.8, 4) is 5.75 Å². The molecule has 0 aliphatic rings. The molecule has 7 nitrogen and oxygen atoms in total. The molecule has 0 aliphatic carbocycles. The fourth-order valence-corrected chi connectivity index (χ4v) is 1.55. The van der Waals surface area contributed by atoms with Crippen LogP contribution in [0.1, 0.15) is 6.92 Å². The van der Waals surface area contributed by atoms with Crippen molar-refractivity contribution in [2.24, 2.45) is 17.2 Å². The van der Waals surface area contributed by atoms with Crippen LogP contribution in [0.5, 0.6) is 5.75 Å². The summed E-state index contributed by atoms with van der Waals surface area (Å²) in [5.74, 6) is -0.559. The van der Waals surface area contributed by atoms with Gasteiger partial charge in [0.15, 0.2) is 6.23 Å². The highest BCUT2D eigenvalue weighted by molar-refractivity contribution is 5.64. The van der Waals surface area contributed by atoms with Crippen LogP contribution in [0, 0.1) is 5.82 Å². The van der Waals surface area contributed by atoms with Gasteiger partial charge in [-0.25, -0.2) is 9.18 Å². The molecule has 0 spiro atoms. The van der Waals surface area contributed by atoms with Crippen LogP contribution in [-0.4, -0.2) is 32.1 Å². The molecule has 8 heteroatoms. The van der Waals surface area contributed by atoms with Crippen LogP contribution in [0.4, 0.5) is 14.9 Å². The SMILES string of the molecule is C[C@H](N)OC(=O)Oc1ccc(N(CN)CCN)c(F)c1. The fraction of sp³-hybridized carbons (Fsp3) is 0.417. The molecule has 0 amide bonds. The number of rotatable bonds is 6. The van der Waals surface area contributed by atoms with E-state index in [1.54, 1.807) is 4.90 Å². The quantitative estimate of drug-likeness (QED) is 0.392. The Morgan fingerprint density at radius 2 is 2.15 bits per heavy atom. The normalized spacial score (nSPS) is 11.8. The van der Waals surface area contributed by atoms with Gasteiger partial charge in [0, 0.05) is 19.2 Å². The molecule has 0 unspecified atom stereocenters. The zero-order valence-corrected chi connectivity index (χ0v) is 11.2. The zero-order valence-electron chi connectivity index (χ0n) is 11.2. The molecular formula is C12H19FN4O3. The van der Waals surface area contributed by atoms with Crippen molar-refractivity contribution < 1.29 is 18.7 Å². The Labute approximate surface area is 116 Å². The van der Waals surface area contributed by atoms with E-state index in [0.29, 0.717) is 13.1 Å². The number of ether oxygens (including phenoxy) is 2. The number of anilines is 1. The Morgan fingerprint density at radius 1 is 1.45 bits per heavy atom. The number of nitrogens with zero attached hydrogens (tertiary/aromatic N) is 1. The minimum absolute atomic E-state index is 0.0154. The lowest BCUT2D eigenvalue weighted by molar-refractivity contribution is 0.0684. The minimum atomic E-state index is -0.996. The van der Waals surface area contributed by atoms with Gasteiger partial charge in [0.1, 0.15) is 11.6 Å². The van der Waals surface area contributed by atoms with Crippen molar-refractivity contribution in [3.05, 3.63) is 24.0 Å². The summed E-state index contributed by atoms with van der Waals surface area (Å²) in [4.78, 5) is 12.8. The highest BCUT2D eigenvalue weighted by atomic mass is 19.1. The number of benzene rings is 1. The van der Waals surface area contributed by atoms with E-state index >= 15 is 0 Å². The van der Waals surface area contributed by atoms with E-state index in [9.17, 15) is 9.18 Å². The molecule has 6 N–H and O–H groups in total. The van der Waals surface area contributed by atoms with Crippen LogP contribution in [0.15, 0.2) is 18.2 Å². The molecule has 1 rings (SSSR count). The van der Waals surface area contributed by atoms with Crippen LogP contribution >= 0.6 is 0 Å². The first-order chi connectivity index (χ1) is 9.47. The molecule has 0 heterocycles. The van der Waals surface area contributed by atoms with E-state index in [-0.39, 0.29) is 18.1 Å². The second-order valence-corrected chi connectivity index (χ2v) is 4.02. The van der Waals surface area contributed by atoms with Crippen molar-refractivity contribution in [2.75, 3.05) is 24.7 Å². The Kier molecular flexibility index (Phi) is 6.16. The molecule has 1 aromatic carbocycles. The summed E-state index contributed by atoms with van der Waals surface area (Å²) >= 11 is 0. The third kappa shape index (κ3) is 4.65. The average molecular weight is 286 g/mol. The van der Waals surface area contributed by atoms with E-state index in [0.717, 1.165) is 6.07 Å². The van der Waals surface area contributed by atoms with Gasteiger partial charge in [-0.2, -0.15) is 0 Å². The number of nitrogens with two attached hydrogens (primary N) is 3. The Bertz CT molecular complexity index is 456. The molecule has 1 aromatic rings. The Morgan fingerprint density at radius 3 is 2.65 bits per heavy atom. The van der Waals surface area contributed by atoms with Gasteiger partial charge >= 0.3 is 6.16 Å². The molecule has 112 valence electrons. The summed E-state index contributed by atoms with van der Waals surface area (Å²) in [6.07, 6.45) is -1.80.